The van der Waals surface area contributed by atoms with Crippen molar-refractivity contribution in [3.8, 4) is 0 Å². The topological polar surface area (TPSA) is 61.9 Å². The molecule has 0 radical (unpaired) electrons. The van der Waals surface area contributed by atoms with E-state index in [-0.39, 0.29) is 5.78 Å². The number of ketones is 1. The smallest absolute Gasteiger partial charge is 0.217 e. The van der Waals surface area contributed by atoms with Crippen LogP contribution in [0, 0.1) is 0 Å². The maximum Gasteiger partial charge on any atom is 0.217 e. The number of hydrogen-bond donors (Lipinski definition) is 1. The summed E-state index contributed by atoms with van der Waals surface area (Å²) in [5.41, 5.74) is 1.06. The normalized spacial score (nSPS) is 15.0. The first-order valence-corrected chi connectivity index (χ1v) is 6.12. The van der Waals surface area contributed by atoms with Gasteiger partial charge in [0.15, 0.2) is 11.5 Å². The van der Waals surface area contributed by atoms with Gasteiger partial charge in [-0.15, -0.1) is 5.10 Å². The highest BCUT2D eigenvalue weighted by atomic mass is 16.1. The summed E-state index contributed by atoms with van der Waals surface area (Å²) in [6.45, 7) is 1.89. The molecule has 0 unspecified atom stereocenters. The fourth-order valence-corrected chi connectivity index (χ4v) is 2.25. The van der Waals surface area contributed by atoms with Gasteiger partial charge in [0.2, 0.25) is 5.78 Å². The molecule has 1 fully saturated rings. The second kappa shape index (κ2) is 4.60. The zero-order valence-corrected chi connectivity index (χ0v) is 9.97. The second-order valence-corrected chi connectivity index (χ2v) is 4.39. The molecular formula is C13H14N4O. The zero-order chi connectivity index (χ0) is 12.4. The summed E-state index contributed by atoms with van der Waals surface area (Å²) < 4.78 is 0. The van der Waals surface area contributed by atoms with Gasteiger partial charge in [-0.25, -0.2) is 0 Å². The minimum absolute atomic E-state index is 0.0775. The van der Waals surface area contributed by atoms with Gasteiger partial charge in [-0.1, -0.05) is 30.3 Å². The Hall–Kier alpha value is -2.17. The predicted molar refractivity (Wildman–Crippen MR) is 67.7 cm³/mol. The van der Waals surface area contributed by atoms with E-state index in [0.717, 1.165) is 25.9 Å². The van der Waals surface area contributed by atoms with Crippen LogP contribution in [0.2, 0.25) is 0 Å². The van der Waals surface area contributed by atoms with Gasteiger partial charge in [0.25, 0.3) is 0 Å². The average molecular weight is 242 g/mol. The standard InChI is InChI=1S/C13H14N4O/c18-12(10-6-2-1-3-7-10)11-13(15-16-14-11)17-8-4-5-9-17/h1-3,6-7H,4-5,8-9H2,(H,14,15,16). The molecule has 0 amide bonds. The molecule has 0 atom stereocenters. The number of H-pyrrole nitrogens is 1. The molecule has 18 heavy (non-hydrogen) atoms. The summed E-state index contributed by atoms with van der Waals surface area (Å²) in [6.07, 6.45) is 2.29. The molecule has 1 saturated heterocycles. The largest absolute Gasteiger partial charge is 0.353 e. The van der Waals surface area contributed by atoms with Crippen LogP contribution in [0.3, 0.4) is 0 Å². The number of carbonyl (C=O) groups excluding carboxylic acids is 1. The Balaban J connectivity index is 1.93. The van der Waals surface area contributed by atoms with Gasteiger partial charge in [-0.3, -0.25) is 4.79 Å². The summed E-state index contributed by atoms with van der Waals surface area (Å²) in [7, 11) is 0. The van der Waals surface area contributed by atoms with Gasteiger partial charge < -0.3 is 4.90 Å². The van der Waals surface area contributed by atoms with Gasteiger partial charge in [-0.05, 0) is 12.8 Å². The molecule has 0 saturated carbocycles. The molecule has 1 aromatic heterocycles. The summed E-state index contributed by atoms with van der Waals surface area (Å²) in [6, 6.07) is 9.18. The Morgan fingerprint density at radius 2 is 1.83 bits per heavy atom. The van der Waals surface area contributed by atoms with Crippen LogP contribution in [-0.4, -0.2) is 34.3 Å². The number of aromatic amines is 1. The third-order valence-electron chi connectivity index (χ3n) is 3.19. The first-order valence-electron chi connectivity index (χ1n) is 6.12. The van der Waals surface area contributed by atoms with Crippen molar-refractivity contribution in [3.05, 3.63) is 41.6 Å². The van der Waals surface area contributed by atoms with Crippen LogP contribution >= 0.6 is 0 Å². The molecule has 2 heterocycles. The molecule has 3 rings (SSSR count). The lowest BCUT2D eigenvalue weighted by Gasteiger charge is -2.14. The lowest BCUT2D eigenvalue weighted by atomic mass is 10.1. The molecule has 0 spiro atoms. The third kappa shape index (κ3) is 1.88. The van der Waals surface area contributed by atoms with E-state index < -0.39 is 0 Å². The quantitative estimate of drug-likeness (QED) is 0.831. The fraction of sp³-hybridized carbons (Fsp3) is 0.308. The van der Waals surface area contributed by atoms with Crippen molar-refractivity contribution in [2.75, 3.05) is 18.0 Å². The van der Waals surface area contributed by atoms with Crippen molar-refractivity contribution in [2.24, 2.45) is 0 Å². The molecule has 2 aromatic rings. The van der Waals surface area contributed by atoms with E-state index in [4.69, 9.17) is 0 Å². The number of aromatic nitrogens is 3. The number of nitrogens with one attached hydrogen (secondary N) is 1. The Morgan fingerprint density at radius 1 is 1.11 bits per heavy atom. The van der Waals surface area contributed by atoms with Gasteiger partial charge >= 0.3 is 0 Å². The third-order valence-corrected chi connectivity index (χ3v) is 3.19. The second-order valence-electron chi connectivity index (χ2n) is 4.39. The van der Waals surface area contributed by atoms with Crippen molar-refractivity contribution in [2.45, 2.75) is 12.8 Å². The molecular weight excluding hydrogens is 228 g/mol. The highest BCUT2D eigenvalue weighted by molar-refractivity contribution is 6.10. The summed E-state index contributed by atoms with van der Waals surface area (Å²) in [5.74, 6) is 0.604. The molecule has 1 N–H and O–H groups in total. The van der Waals surface area contributed by atoms with E-state index in [0.29, 0.717) is 17.1 Å². The molecule has 5 heteroatoms. The van der Waals surface area contributed by atoms with E-state index in [9.17, 15) is 4.79 Å². The van der Waals surface area contributed by atoms with Crippen molar-refractivity contribution in [1.29, 1.82) is 0 Å². The van der Waals surface area contributed by atoms with Gasteiger partial charge in [0, 0.05) is 18.7 Å². The van der Waals surface area contributed by atoms with E-state index in [1.165, 1.54) is 0 Å². The van der Waals surface area contributed by atoms with Crippen LogP contribution < -0.4 is 4.90 Å². The molecule has 1 aromatic carbocycles. The number of hydrogen-bond acceptors (Lipinski definition) is 4. The van der Waals surface area contributed by atoms with E-state index in [2.05, 4.69) is 20.3 Å². The minimum Gasteiger partial charge on any atom is -0.353 e. The predicted octanol–water partition coefficient (Wildman–Crippen LogP) is 1.64. The average Bonchev–Trinajstić information content (AvgIpc) is 3.09. The van der Waals surface area contributed by atoms with Crippen LogP contribution in [0.4, 0.5) is 5.82 Å². The number of rotatable bonds is 3. The van der Waals surface area contributed by atoms with E-state index >= 15 is 0 Å². The highest BCUT2D eigenvalue weighted by Gasteiger charge is 2.24. The van der Waals surface area contributed by atoms with Crippen molar-refractivity contribution in [1.82, 2.24) is 15.4 Å². The van der Waals surface area contributed by atoms with Gasteiger partial charge in [0.05, 0.1) is 0 Å². The monoisotopic (exact) mass is 242 g/mol. The Morgan fingerprint density at radius 3 is 2.56 bits per heavy atom. The van der Waals surface area contributed by atoms with Crippen LogP contribution in [0.5, 0.6) is 0 Å². The first-order chi connectivity index (χ1) is 8.86. The first kappa shape index (κ1) is 11.0. The maximum absolute atomic E-state index is 12.3. The van der Waals surface area contributed by atoms with Crippen LogP contribution in [-0.2, 0) is 0 Å². The molecule has 1 aliphatic rings. The van der Waals surface area contributed by atoms with Crippen LogP contribution in [0.15, 0.2) is 30.3 Å². The van der Waals surface area contributed by atoms with Crippen LogP contribution in [0.1, 0.15) is 28.9 Å². The van der Waals surface area contributed by atoms with Crippen molar-refractivity contribution < 1.29 is 4.79 Å². The molecule has 0 bridgehead atoms. The van der Waals surface area contributed by atoms with Crippen molar-refractivity contribution in [3.63, 3.8) is 0 Å². The number of benzene rings is 1. The lowest BCUT2D eigenvalue weighted by Crippen LogP contribution is -2.21. The maximum atomic E-state index is 12.3. The van der Waals surface area contributed by atoms with E-state index in [1.807, 2.05) is 18.2 Å². The molecule has 5 nitrogen and oxygen atoms in total. The Kier molecular flexibility index (Phi) is 2.80. The fourth-order valence-electron chi connectivity index (χ4n) is 2.25. The Bertz CT molecular complexity index is 543. The Labute approximate surface area is 105 Å². The molecule has 0 aliphatic carbocycles. The highest BCUT2D eigenvalue weighted by Crippen LogP contribution is 2.22. The van der Waals surface area contributed by atoms with E-state index in [1.54, 1.807) is 12.1 Å². The van der Waals surface area contributed by atoms with Crippen molar-refractivity contribution >= 4 is 11.6 Å². The number of anilines is 1. The summed E-state index contributed by atoms with van der Waals surface area (Å²) >= 11 is 0. The number of carbonyl (C=O) groups is 1. The minimum atomic E-state index is -0.0775. The summed E-state index contributed by atoms with van der Waals surface area (Å²) in [4.78, 5) is 14.4. The zero-order valence-electron chi connectivity index (χ0n) is 9.97. The molecule has 1 aliphatic heterocycles. The SMILES string of the molecule is O=C(c1ccccc1)c1n[nH]nc1N1CCCC1. The van der Waals surface area contributed by atoms with Gasteiger partial charge in [0.1, 0.15) is 0 Å². The lowest BCUT2D eigenvalue weighted by molar-refractivity contribution is 0.103. The molecule has 92 valence electrons. The summed E-state index contributed by atoms with van der Waals surface area (Å²) in [5, 5.41) is 10.7. The van der Waals surface area contributed by atoms with Gasteiger partial charge in [-0.2, -0.15) is 10.3 Å². The van der Waals surface area contributed by atoms with Crippen LogP contribution in [0.25, 0.3) is 0 Å². The number of nitrogens with zero attached hydrogens (tertiary/aromatic N) is 3.